The van der Waals surface area contributed by atoms with E-state index in [2.05, 4.69) is 11.4 Å². The lowest BCUT2D eigenvalue weighted by atomic mass is 9.95. The Hall–Kier alpha value is -1.83. The van der Waals surface area contributed by atoms with Crippen molar-refractivity contribution >= 4 is 51.5 Å². The number of nitrogens with zero attached hydrogens (tertiary/aromatic N) is 2. The van der Waals surface area contributed by atoms with Crippen LogP contribution in [-0.4, -0.2) is 27.8 Å². The SMILES string of the molecule is O=C(CSc1nc2cc(Cl)ccc2c(=O)n1C1CCCCC1)NCCc1cccs1. The Labute approximate surface area is 188 Å². The second-order valence-corrected chi connectivity index (χ2v) is 9.90. The summed E-state index contributed by atoms with van der Waals surface area (Å²) in [4.78, 5) is 31.6. The predicted octanol–water partition coefficient (Wildman–Crippen LogP) is 5.07. The van der Waals surface area contributed by atoms with Gasteiger partial charge in [0.05, 0.1) is 16.7 Å². The molecular formula is C22H24ClN3O2S2. The third kappa shape index (κ3) is 5.07. The highest BCUT2D eigenvalue weighted by Crippen LogP contribution is 2.31. The molecule has 8 heteroatoms. The highest BCUT2D eigenvalue weighted by atomic mass is 35.5. The van der Waals surface area contributed by atoms with Crippen LogP contribution in [0.25, 0.3) is 10.9 Å². The van der Waals surface area contributed by atoms with Gasteiger partial charge in [-0.05, 0) is 48.9 Å². The highest BCUT2D eigenvalue weighted by molar-refractivity contribution is 7.99. The number of benzene rings is 1. The zero-order valence-electron chi connectivity index (χ0n) is 16.6. The highest BCUT2D eigenvalue weighted by Gasteiger charge is 2.22. The van der Waals surface area contributed by atoms with E-state index in [4.69, 9.17) is 16.6 Å². The van der Waals surface area contributed by atoms with Crippen molar-refractivity contribution in [1.82, 2.24) is 14.9 Å². The molecular weight excluding hydrogens is 438 g/mol. The quantitative estimate of drug-likeness (QED) is 0.394. The van der Waals surface area contributed by atoms with E-state index in [1.807, 2.05) is 16.0 Å². The zero-order valence-corrected chi connectivity index (χ0v) is 19.0. The number of carbonyl (C=O) groups is 1. The van der Waals surface area contributed by atoms with Gasteiger partial charge in [0, 0.05) is 22.5 Å². The van der Waals surface area contributed by atoms with E-state index in [9.17, 15) is 9.59 Å². The summed E-state index contributed by atoms with van der Waals surface area (Å²) in [6.07, 6.45) is 6.21. The van der Waals surface area contributed by atoms with Gasteiger partial charge >= 0.3 is 0 Å². The second kappa shape index (κ2) is 9.98. The van der Waals surface area contributed by atoms with Crippen molar-refractivity contribution in [3.8, 4) is 0 Å². The van der Waals surface area contributed by atoms with Gasteiger partial charge in [-0.25, -0.2) is 4.98 Å². The Kier molecular flexibility index (Phi) is 7.12. The fraction of sp³-hybridized carbons (Fsp3) is 0.409. The minimum atomic E-state index is -0.0489. The van der Waals surface area contributed by atoms with Crippen molar-refractivity contribution in [3.63, 3.8) is 0 Å². The van der Waals surface area contributed by atoms with Crippen molar-refractivity contribution in [1.29, 1.82) is 0 Å². The molecule has 0 bridgehead atoms. The van der Waals surface area contributed by atoms with Crippen LogP contribution in [0.4, 0.5) is 0 Å². The Bertz CT molecular complexity index is 1080. The first-order valence-electron chi connectivity index (χ1n) is 10.3. The molecule has 1 fully saturated rings. The summed E-state index contributed by atoms with van der Waals surface area (Å²) in [7, 11) is 0. The van der Waals surface area contributed by atoms with Gasteiger partial charge in [0.1, 0.15) is 0 Å². The molecule has 2 heterocycles. The topological polar surface area (TPSA) is 64.0 Å². The van der Waals surface area contributed by atoms with Crippen molar-refractivity contribution in [3.05, 3.63) is 56.0 Å². The van der Waals surface area contributed by atoms with Gasteiger partial charge in [0.2, 0.25) is 5.91 Å². The molecule has 158 valence electrons. The summed E-state index contributed by atoms with van der Waals surface area (Å²) in [5, 5.41) is 6.73. The molecule has 30 heavy (non-hydrogen) atoms. The predicted molar refractivity (Wildman–Crippen MR) is 125 cm³/mol. The van der Waals surface area contributed by atoms with Crippen molar-refractivity contribution in [2.24, 2.45) is 0 Å². The standard InChI is InChI=1S/C22H24ClN3O2S2/c23-15-8-9-18-19(13-15)25-22(26(21(18)28)16-5-2-1-3-6-16)30-14-20(27)24-11-10-17-7-4-12-29-17/h4,7-9,12-13,16H,1-3,5-6,10-11,14H2,(H,24,27). The first-order valence-corrected chi connectivity index (χ1v) is 12.5. The van der Waals surface area contributed by atoms with Gasteiger partial charge in [0.25, 0.3) is 5.56 Å². The summed E-state index contributed by atoms with van der Waals surface area (Å²) in [6.45, 7) is 0.607. The number of thiophene rings is 1. The molecule has 0 atom stereocenters. The number of aromatic nitrogens is 2. The average molecular weight is 462 g/mol. The van der Waals surface area contributed by atoms with Crippen LogP contribution in [0.2, 0.25) is 5.02 Å². The minimum Gasteiger partial charge on any atom is -0.355 e. The summed E-state index contributed by atoms with van der Waals surface area (Å²) >= 11 is 9.14. The normalized spacial score (nSPS) is 14.8. The Morgan fingerprint density at radius 2 is 2.10 bits per heavy atom. The Morgan fingerprint density at radius 3 is 2.87 bits per heavy atom. The monoisotopic (exact) mass is 461 g/mol. The molecule has 4 rings (SSSR count). The number of carbonyl (C=O) groups excluding carboxylic acids is 1. The molecule has 3 aromatic rings. The maximum absolute atomic E-state index is 13.3. The van der Waals surface area contributed by atoms with E-state index in [1.165, 1.54) is 23.1 Å². The fourth-order valence-electron chi connectivity index (χ4n) is 3.88. The molecule has 1 N–H and O–H groups in total. The molecule has 1 saturated carbocycles. The molecule has 5 nitrogen and oxygen atoms in total. The van der Waals surface area contributed by atoms with E-state index < -0.39 is 0 Å². The molecule has 1 aromatic carbocycles. The molecule has 0 unspecified atom stereocenters. The summed E-state index contributed by atoms with van der Waals surface area (Å²) in [5.74, 6) is 0.183. The number of fused-ring (bicyclic) bond motifs is 1. The largest absolute Gasteiger partial charge is 0.355 e. The summed E-state index contributed by atoms with van der Waals surface area (Å²) < 4.78 is 1.82. The number of thioether (sulfide) groups is 1. The Morgan fingerprint density at radius 1 is 1.27 bits per heavy atom. The molecule has 2 aromatic heterocycles. The van der Waals surface area contributed by atoms with Crippen LogP contribution in [0.15, 0.2) is 45.7 Å². The number of halogens is 1. The Balaban J connectivity index is 1.52. The number of amides is 1. The lowest BCUT2D eigenvalue weighted by Crippen LogP contribution is -2.30. The third-order valence-electron chi connectivity index (χ3n) is 5.38. The summed E-state index contributed by atoms with van der Waals surface area (Å²) in [5.41, 5.74) is 0.546. The fourth-order valence-corrected chi connectivity index (χ4v) is 5.65. The first kappa shape index (κ1) is 21.4. The van der Waals surface area contributed by atoms with Crippen molar-refractivity contribution in [2.45, 2.75) is 49.7 Å². The van der Waals surface area contributed by atoms with E-state index in [0.717, 1.165) is 32.1 Å². The second-order valence-electron chi connectivity index (χ2n) is 7.49. The molecule has 1 amide bonds. The van der Waals surface area contributed by atoms with E-state index in [1.54, 1.807) is 29.5 Å². The van der Waals surface area contributed by atoms with Crippen LogP contribution in [0.1, 0.15) is 43.0 Å². The van der Waals surface area contributed by atoms with Crippen LogP contribution in [-0.2, 0) is 11.2 Å². The number of hydrogen-bond donors (Lipinski definition) is 1. The van der Waals surface area contributed by atoms with Gasteiger partial charge in [-0.2, -0.15) is 0 Å². The minimum absolute atomic E-state index is 0.0378. The van der Waals surface area contributed by atoms with Gasteiger partial charge in [-0.15, -0.1) is 11.3 Å². The average Bonchev–Trinajstić information content (AvgIpc) is 3.26. The molecule has 0 saturated heterocycles. The summed E-state index contributed by atoms with van der Waals surface area (Å²) in [6, 6.07) is 9.42. The van der Waals surface area contributed by atoms with Gasteiger partial charge in [0.15, 0.2) is 5.16 Å². The molecule has 0 spiro atoms. The van der Waals surface area contributed by atoms with Crippen molar-refractivity contribution in [2.75, 3.05) is 12.3 Å². The van der Waals surface area contributed by atoms with Crippen molar-refractivity contribution < 1.29 is 4.79 Å². The van der Waals surface area contributed by atoms with Crippen LogP contribution < -0.4 is 10.9 Å². The smallest absolute Gasteiger partial charge is 0.262 e. The first-order chi connectivity index (χ1) is 14.6. The van der Waals surface area contributed by atoms with Crippen LogP contribution in [0.3, 0.4) is 0 Å². The van der Waals surface area contributed by atoms with Crippen LogP contribution in [0, 0.1) is 0 Å². The number of nitrogens with one attached hydrogen (secondary N) is 1. The zero-order chi connectivity index (χ0) is 20.9. The lowest BCUT2D eigenvalue weighted by Gasteiger charge is -2.26. The number of rotatable bonds is 7. The molecule has 1 aliphatic rings. The lowest BCUT2D eigenvalue weighted by molar-refractivity contribution is -0.118. The van der Waals surface area contributed by atoms with E-state index in [-0.39, 0.29) is 23.3 Å². The maximum atomic E-state index is 13.3. The third-order valence-corrected chi connectivity index (χ3v) is 7.50. The maximum Gasteiger partial charge on any atom is 0.262 e. The van der Waals surface area contributed by atoms with E-state index >= 15 is 0 Å². The molecule has 0 aliphatic heterocycles. The number of hydrogen-bond acceptors (Lipinski definition) is 5. The van der Waals surface area contributed by atoms with Gasteiger partial charge in [-0.3, -0.25) is 14.2 Å². The van der Waals surface area contributed by atoms with Crippen LogP contribution in [0.5, 0.6) is 0 Å². The molecule has 0 radical (unpaired) electrons. The van der Waals surface area contributed by atoms with Crippen LogP contribution >= 0.6 is 34.7 Å². The van der Waals surface area contributed by atoms with Gasteiger partial charge in [-0.1, -0.05) is 48.7 Å². The van der Waals surface area contributed by atoms with Gasteiger partial charge < -0.3 is 5.32 Å². The molecule has 1 aliphatic carbocycles. The van der Waals surface area contributed by atoms with E-state index in [0.29, 0.717) is 27.6 Å².